The molecule has 7 heteroatoms. The molecular formula is C17H16N2O4S. The van der Waals surface area contributed by atoms with E-state index in [4.69, 9.17) is 14.3 Å². The molecule has 0 saturated heterocycles. The van der Waals surface area contributed by atoms with Gasteiger partial charge in [-0.3, -0.25) is 4.79 Å². The second kappa shape index (κ2) is 6.52. The minimum atomic E-state index is -0.548. The summed E-state index contributed by atoms with van der Waals surface area (Å²) in [7, 11) is 0. The van der Waals surface area contributed by atoms with E-state index in [0.717, 1.165) is 28.3 Å². The van der Waals surface area contributed by atoms with Crippen molar-refractivity contribution in [3.05, 3.63) is 46.2 Å². The van der Waals surface area contributed by atoms with E-state index in [0.29, 0.717) is 19.4 Å². The number of carbonyl (C=O) groups excluding carboxylic acids is 1. The number of nitrogens with zero attached hydrogens (tertiary/aromatic N) is 1. The van der Waals surface area contributed by atoms with Gasteiger partial charge in [0.2, 0.25) is 12.9 Å². The first-order valence-electron chi connectivity index (χ1n) is 7.67. The summed E-state index contributed by atoms with van der Waals surface area (Å²) in [5.74, 6) is 1.37. The second-order valence-electron chi connectivity index (χ2n) is 5.67. The Morgan fingerprint density at radius 2 is 2.17 bits per heavy atom. The van der Waals surface area contributed by atoms with Crippen LogP contribution < -0.4 is 14.8 Å². The van der Waals surface area contributed by atoms with Gasteiger partial charge in [0.15, 0.2) is 11.5 Å². The van der Waals surface area contributed by atoms with Crippen LogP contribution in [0, 0.1) is 0 Å². The van der Waals surface area contributed by atoms with E-state index in [1.165, 1.54) is 0 Å². The number of fused-ring (bicyclic) bond motifs is 1. The van der Waals surface area contributed by atoms with Gasteiger partial charge >= 0.3 is 0 Å². The Morgan fingerprint density at radius 1 is 1.25 bits per heavy atom. The second-order valence-corrected chi connectivity index (χ2v) is 6.45. The van der Waals surface area contributed by atoms with Crippen molar-refractivity contribution >= 4 is 23.0 Å². The molecular weight excluding hydrogens is 328 g/mol. The summed E-state index contributed by atoms with van der Waals surface area (Å²) < 4.78 is 10.7. The van der Waals surface area contributed by atoms with E-state index in [2.05, 4.69) is 10.5 Å². The first-order valence-corrected chi connectivity index (χ1v) is 8.61. The van der Waals surface area contributed by atoms with Crippen LogP contribution in [-0.4, -0.2) is 24.5 Å². The molecule has 0 saturated carbocycles. The number of benzene rings is 1. The van der Waals surface area contributed by atoms with E-state index in [1.807, 2.05) is 35.0 Å². The van der Waals surface area contributed by atoms with Gasteiger partial charge in [0.25, 0.3) is 5.91 Å². The zero-order valence-corrected chi connectivity index (χ0v) is 13.7. The van der Waals surface area contributed by atoms with Crippen molar-refractivity contribution in [2.45, 2.75) is 25.5 Å². The van der Waals surface area contributed by atoms with Crippen molar-refractivity contribution in [1.82, 2.24) is 5.32 Å². The largest absolute Gasteiger partial charge is 0.454 e. The van der Waals surface area contributed by atoms with Gasteiger partial charge in [-0.15, -0.1) is 0 Å². The number of amides is 1. The maximum atomic E-state index is 12.1. The summed E-state index contributed by atoms with van der Waals surface area (Å²) in [6.07, 6.45) is 0.585. The number of ether oxygens (including phenoxy) is 2. The van der Waals surface area contributed by atoms with Gasteiger partial charge < -0.3 is 19.6 Å². The first kappa shape index (κ1) is 15.0. The van der Waals surface area contributed by atoms with Crippen LogP contribution >= 0.6 is 11.3 Å². The van der Waals surface area contributed by atoms with Crippen LogP contribution in [0.25, 0.3) is 0 Å². The summed E-state index contributed by atoms with van der Waals surface area (Å²) in [6, 6.07) is 7.79. The minimum Gasteiger partial charge on any atom is -0.454 e. The lowest BCUT2D eigenvalue weighted by molar-refractivity contribution is -0.131. The highest BCUT2D eigenvalue weighted by Gasteiger charge is 2.28. The van der Waals surface area contributed by atoms with Crippen LogP contribution in [0.1, 0.15) is 17.5 Å². The maximum Gasteiger partial charge on any atom is 0.264 e. The van der Waals surface area contributed by atoms with Crippen LogP contribution in [-0.2, 0) is 22.6 Å². The van der Waals surface area contributed by atoms with Crippen LogP contribution in [0.3, 0.4) is 0 Å². The molecule has 0 fully saturated rings. The van der Waals surface area contributed by atoms with Gasteiger partial charge in [0.1, 0.15) is 0 Å². The van der Waals surface area contributed by atoms with Crippen molar-refractivity contribution < 1.29 is 19.1 Å². The number of oxime groups is 1. The minimum absolute atomic E-state index is 0.134. The molecule has 4 rings (SSSR count). The van der Waals surface area contributed by atoms with Crippen molar-refractivity contribution in [1.29, 1.82) is 0 Å². The Morgan fingerprint density at radius 3 is 3.04 bits per heavy atom. The lowest BCUT2D eigenvalue weighted by atomic mass is 10.0. The Balaban J connectivity index is 1.30. The molecule has 1 aromatic carbocycles. The van der Waals surface area contributed by atoms with E-state index in [9.17, 15) is 4.79 Å². The van der Waals surface area contributed by atoms with E-state index >= 15 is 0 Å². The Kier molecular flexibility index (Phi) is 4.08. The molecule has 2 aliphatic rings. The van der Waals surface area contributed by atoms with Gasteiger partial charge in [-0.05, 0) is 40.1 Å². The normalized spacial score (nSPS) is 18.2. The Labute approximate surface area is 143 Å². The highest BCUT2D eigenvalue weighted by molar-refractivity contribution is 7.07. The van der Waals surface area contributed by atoms with Crippen molar-refractivity contribution in [3.63, 3.8) is 0 Å². The average molecular weight is 344 g/mol. The molecule has 2 aromatic rings. The molecule has 1 amide bonds. The quantitative estimate of drug-likeness (QED) is 0.905. The third-order valence-corrected chi connectivity index (χ3v) is 4.65. The van der Waals surface area contributed by atoms with Crippen molar-refractivity contribution in [3.8, 4) is 11.5 Å². The first-order chi connectivity index (χ1) is 11.8. The highest BCUT2D eigenvalue weighted by atomic mass is 32.1. The van der Waals surface area contributed by atoms with E-state index in [1.54, 1.807) is 11.3 Å². The monoisotopic (exact) mass is 344 g/mol. The lowest BCUT2D eigenvalue weighted by Crippen LogP contribution is -2.34. The van der Waals surface area contributed by atoms with Crippen molar-refractivity contribution in [2.75, 3.05) is 6.79 Å². The predicted octanol–water partition coefficient (Wildman–Crippen LogP) is 2.48. The molecule has 0 radical (unpaired) electrons. The van der Waals surface area contributed by atoms with Crippen LogP contribution in [0.2, 0.25) is 0 Å². The number of thiophene rings is 1. The highest BCUT2D eigenvalue weighted by Crippen LogP contribution is 2.33. The summed E-state index contributed by atoms with van der Waals surface area (Å²) in [5, 5.41) is 10.9. The molecule has 0 bridgehead atoms. The number of hydrogen-bond donors (Lipinski definition) is 1. The van der Waals surface area contributed by atoms with E-state index in [-0.39, 0.29) is 12.7 Å². The fourth-order valence-electron chi connectivity index (χ4n) is 2.65. The molecule has 1 atom stereocenters. The van der Waals surface area contributed by atoms with Gasteiger partial charge in [0, 0.05) is 19.4 Å². The molecule has 1 aromatic heterocycles. The molecule has 24 heavy (non-hydrogen) atoms. The molecule has 1 N–H and O–H groups in total. The van der Waals surface area contributed by atoms with Gasteiger partial charge in [-0.25, -0.2) is 0 Å². The molecule has 2 aliphatic heterocycles. The van der Waals surface area contributed by atoms with Crippen LogP contribution in [0.4, 0.5) is 0 Å². The summed E-state index contributed by atoms with van der Waals surface area (Å²) >= 11 is 1.61. The molecule has 0 spiro atoms. The molecule has 6 nitrogen and oxygen atoms in total. The predicted molar refractivity (Wildman–Crippen MR) is 89.4 cm³/mol. The smallest absolute Gasteiger partial charge is 0.264 e. The average Bonchev–Trinajstić information content (AvgIpc) is 3.33. The SMILES string of the molecule is O=C(NCc1ccsc1)C1CC(Cc2ccc3c(c2)OCO3)=NO1. The number of carbonyl (C=O) groups is 1. The maximum absolute atomic E-state index is 12.1. The van der Waals surface area contributed by atoms with Crippen LogP contribution in [0.5, 0.6) is 11.5 Å². The third-order valence-electron chi connectivity index (χ3n) is 3.91. The third kappa shape index (κ3) is 3.21. The summed E-state index contributed by atoms with van der Waals surface area (Å²) in [5.41, 5.74) is 3.00. The fourth-order valence-corrected chi connectivity index (χ4v) is 3.32. The molecule has 3 heterocycles. The molecule has 1 unspecified atom stereocenters. The van der Waals surface area contributed by atoms with Gasteiger partial charge in [-0.2, -0.15) is 11.3 Å². The zero-order chi connectivity index (χ0) is 16.4. The number of nitrogens with one attached hydrogen (secondary N) is 1. The zero-order valence-electron chi connectivity index (χ0n) is 12.9. The Bertz CT molecular complexity index is 773. The number of rotatable bonds is 5. The lowest BCUT2D eigenvalue weighted by Gasteiger charge is -2.08. The van der Waals surface area contributed by atoms with Crippen molar-refractivity contribution in [2.24, 2.45) is 5.16 Å². The fraction of sp³-hybridized carbons (Fsp3) is 0.294. The topological polar surface area (TPSA) is 69.2 Å². The summed E-state index contributed by atoms with van der Waals surface area (Å²) in [4.78, 5) is 17.4. The summed E-state index contributed by atoms with van der Waals surface area (Å²) in [6.45, 7) is 0.773. The van der Waals surface area contributed by atoms with Gasteiger partial charge in [-0.1, -0.05) is 11.2 Å². The van der Waals surface area contributed by atoms with Gasteiger partial charge in [0.05, 0.1) is 5.71 Å². The molecule has 124 valence electrons. The van der Waals surface area contributed by atoms with Crippen LogP contribution in [0.15, 0.2) is 40.2 Å². The van der Waals surface area contributed by atoms with E-state index < -0.39 is 6.10 Å². The standard InChI is InChI=1S/C17H16N2O4S/c20-17(18-8-12-3-4-24-9-12)16-7-13(19-23-16)5-11-1-2-14-15(6-11)22-10-21-14/h1-4,6,9,16H,5,7-8,10H2,(H,18,20). The number of hydrogen-bond acceptors (Lipinski definition) is 6. The Hall–Kier alpha value is -2.54. The molecule has 0 aliphatic carbocycles.